The van der Waals surface area contributed by atoms with Gasteiger partial charge in [-0.25, -0.2) is 0 Å². The number of H-pyrrole nitrogens is 1. The molecule has 1 saturated heterocycles. The second-order valence-corrected chi connectivity index (χ2v) is 17.6. The van der Waals surface area contributed by atoms with Crippen molar-refractivity contribution < 1.29 is 62.7 Å². The van der Waals surface area contributed by atoms with E-state index in [2.05, 4.69) is 42.2 Å². The molecule has 1 aromatic heterocycles. The van der Waals surface area contributed by atoms with Crippen molar-refractivity contribution in [2.24, 2.45) is 17.6 Å². The third-order valence-electron chi connectivity index (χ3n) is 11.5. The lowest BCUT2D eigenvalue weighted by Crippen LogP contribution is -2.62. The number of aromatic hydroxyl groups is 1. The third-order valence-corrected chi connectivity index (χ3v) is 12.9. The van der Waals surface area contributed by atoms with E-state index in [1.165, 1.54) is 32.0 Å². The number of aromatic amines is 1. The van der Waals surface area contributed by atoms with E-state index in [4.69, 9.17) is 5.73 Å². The molecule has 13 N–H and O–H groups in total. The molecule has 344 valence electrons. The zero-order chi connectivity index (χ0) is 46.4. The van der Waals surface area contributed by atoms with Gasteiger partial charge in [0.15, 0.2) is 0 Å². The lowest BCUT2D eigenvalue weighted by Gasteiger charge is -2.32. The summed E-state index contributed by atoms with van der Waals surface area (Å²) in [6, 6.07) is -5.57. The van der Waals surface area contributed by atoms with Gasteiger partial charge >= 0.3 is 0 Å². The average molecular weight is 903 g/mol. The van der Waals surface area contributed by atoms with E-state index in [0.717, 1.165) is 4.90 Å². The molecule has 24 heteroatoms. The van der Waals surface area contributed by atoms with Crippen molar-refractivity contribution in [1.29, 1.82) is 0 Å². The van der Waals surface area contributed by atoms with E-state index in [0.29, 0.717) is 11.8 Å². The summed E-state index contributed by atoms with van der Waals surface area (Å²) in [5, 5.41) is 49.1. The minimum atomic E-state index is -2.35. The molecular formula is C39H54N10O13S. The van der Waals surface area contributed by atoms with Gasteiger partial charge < -0.3 is 68.2 Å². The van der Waals surface area contributed by atoms with Gasteiger partial charge in [0.05, 0.1) is 53.8 Å². The number of benzene rings is 1. The Morgan fingerprint density at radius 1 is 0.857 bits per heavy atom. The maximum absolute atomic E-state index is 14.6. The number of phenols is 1. The standard InChI is InChI=1S/C39H54N10O13S/c1-5-16(2)31-36(59)42-12-29(54)43-26-15-63(62)38-22(21-7-6-19(51)8-23(21)46-38)10-24(33(56)41-13-30(55)47-31)44-37(60)32(17(3)18(4)50)48-35(58)27-9-20(52)14-49(27)39(61)25(11-28(40)53)45-34(26)57/h6-8,16-18,20,24-27,31-32,46,50-52H,5,9-15H2,1-4H3,(H2,40,53)(H,41,56)(H,42,59)(H,43,54)(H,44,60)(H,45,57)(H,47,55)(H,48,58). The average Bonchev–Trinajstić information content (AvgIpc) is 3.80. The van der Waals surface area contributed by atoms with Gasteiger partial charge in [-0.2, -0.15) is 0 Å². The molecule has 1 aromatic carbocycles. The van der Waals surface area contributed by atoms with Gasteiger partial charge in [-0.05, 0) is 30.5 Å². The predicted molar refractivity (Wildman–Crippen MR) is 221 cm³/mol. The van der Waals surface area contributed by atoms with Crippen LogP contribution in [0.3, 0.4) is 0 Å². The van der Waals surface area contributed by atoms with E-state index in [-0.39, 0.29) is 28.3 Å². The van der Waals surface area contributed by atoms with Crippen molar-refractivity contribution in [1.82, 2.24) is 47.1 Å². The molecule has 23 nitrogen and oxygen atoms in total. The Hall–Kier alpha value is -6.14. The summed E-state index contributed by atoms with van der Waals surface area (Å²) < 4.78 is 14.6. The van der Waals surface area contributed by atoms with E-state index in [9.17, 15) is 62.7 Å². The molecule has 5 rings (SSSR count). The number of nitrogens with one attached hydrogen (secondary N) is 8. The SMILES string of the molecule is CCC(C)C1NC(=O)CNC(=O)C2Cc3c([nH]c4cc(O)ccc34)S(=O)CC(NC(=O)CNC1=O)C(=O)NC(CC(N)=O)C(=O)N1CC(O)CC1C(=O)NC(C(C)C(C)O)C(=O)N2. The maximum atomic E-state index is 14.6. The van der Waals surface area contributed by atoms with Gasteiger partial charge in [0.1, 0.15) is 47.0 Å². The largest absolute Gasteiger partial charge is 0.508 e. The number of primary amides is 1. The first-order valence-corrected chi connectivity index (χ1v) is 21.7. The highest BCUT2D eigenvalue weighted by molar-refractivity contribution is 7.85. The summed E-state index contributed by atoms with van der Waals surface area (Å²) in [6.07, 6.45) is -3.85. The van der Waals surface area contributed by atoms with E-state index in [1.54, 1.807) is 13.8 Å². The van der Waals surface area contributed by atoms with Crippen LogP contribution in [0.2, 0.25) is 0 Å². The zero-order valence-corrected chi connectivity index (χ0v) is 35.8. The highest BCUT2D eigenvalue weighted by atomic mass is 32.2. The number of phenolic OH excluding ortho intramolecular Hbond substituents is 1. The van der Waals surface area contributed by atoms with Gasteiger partial charge in [-0.15, -0.1) is 0 Å². The first-order valence-electron chi connectivity index (χ1n) is 20.4. The van der Waals surface area contributed by atoms with Crippen molar-refractivity contribution in [3.63, 3.8) is 0 Å². The molecule has 2 bridgehead atoms. The van der Waals surface area contributed by atoms with Crippen LogP contribution in [0.5, 0.6) is 5.75 Å². The normalized spacial score (nSPS) is 28.8. The van der Waals surface area contributed by atoms with Gasteiger partial charge in [0.2, 0.25) is 53.2 Å². The Morgan fingerprint density at radius 3 is 2.17 bits per heavy atom. The third kappa shape index (κ3) is 11.5. The monoisotopic (exact) mass is 902 g/mol. The summed E-state index contributed by atoms with van der Waals surface area (Å²) in [5.74, 6) is -11.4. The quantitative estimate of drug-likeness (QED) is 0.130. The lowest BCUT2D eigenvalue weighted by atomic mass is 9.94. The predicted octanol–water partition coefficient (Wildman–Crippen LogP) is -4.89. The molecule has 3 aliphatic rings. The summed E-state index contributed by atoms with van der Waals surface area (Å²) in [7, 11) is -2.35. The number of aliphatic hydroxyl groups is 2. The van der Waals surface area contributed by atoms with Crippen LogP contribution in [0.1, 0.15) is 52.5 Å². The number of nitrogens with two attached hydrogens (primary N) is 1. The van der Waals surface area contributed by atoms with Crippen molar-refractivity contribution in [3.05, 3.63) is 23.8 Å². The number of rotatable bonds is 6. The van der Waals surface area contributed by atoms with Crippen LogP contribution in [0.25, 0.3) is 10.9 Å². The lowest BCUT2D eigenvalue weighted by molar-refractivity contribution is -0.144. The van der Waals surface area contributed by atoms with Crippen LogP contribution in [0.4, 0.5) is 0 Å². The van der Waals surface area contributed by atoms with Gasteiger partial charge in [0, 0.05) is 36.8 Å². The number of hydrogen-bond donors (Lipinski definition) is 12. The fourth-order valence-corrected chi connectivity index (χ4v) is 8.99. The molecule has 4 heterocycles. The van der Waals surface area contributed by atoms with Crippen LogP contribution in [-0.4, -0.2) is 156 Å². The summed E-state index contributed by atoms with van der Waals surface area (Å²) in [4.78, 5) is 127. The second-order valence-electron chi connectivity index (χ2n) is 16.1. The van der Waals surface area contributed by atoms with E-state index >= 15 is 0 Å². The van der Waals surface area contributed by atoms with Crippen molar-refractivity contribution in [2.45, 2.75) is 107 Å². The molecule has 11 atom stereocenters. The topological polar surface area (TPSA) is 361 Å². The first-order chi connectivity index (χ1) is 29.7. The summed E-state index contributed by atoms with van der Waals surface area (Å²) in [6.45, 7) is 4.23. The molecule has 3 aliphatic heterocycles. The second kappa shape index (κ2) is 20.4. The van der Waals surface area contributed by atoms with Gasteiger partial charge in [-0.3, -0.25) is 47.4 Å². The number of aliphatic hydroxyl groups excluding tert-OH is 2. The molecule has 9 amide bonds. The van der Waals surface area contributed by atoms with Crippen LogP contribution in [0.15, 0.2) is 23.2 Å². The molecule has 0 spiro atoms. The van der Waals surface area contributed by atoms with Crippen molar-refractivity contribution in [3.8, 4) is 5.75 Å². The molecule has 1 fully saturated rings. The molecule has 2 aromatic rings. The van der Waals surface area contributed by atoms with E-state index < -0.39 is 162 Å². The number of nitrogens with zero attached hydrogens (tertiary/aromatic N) is 1. The molecular weight excluding hydrogens is 849 g/mol. The molecule has 0 saturated carbocycles. The Morgan fingerprint density at radius 2 is 1.52 bits per heavy atom. The zero-order valence-electron chi connectivity index (χ0n) is 35.0. The molecule has 63 heavy (non-hydrogen) atoms. The van der Waals surface area contributed by atoms with Crippen LogP contribution >= 0.6 is 0 Å². The molecule has 0 aliphatic carbocycles. The number of aromatic nitrogens is 1. The van der Waals surface area contributed by atoms with E-state index in [1.807, 2.05) is 0 Å². The summed E-state index contributed by atoms with van der Waals surface area (Å²) in [5.41, 5.74) is 5.80. The number of hydrogen-bond acceptors (Lipinski definition) is 13. The Kier molecular flexibility index (Phi) is 15.5. The maximum Gasteiger partial charge on any atom is 0.246 e. The highest BCUT2D eigenvalue weighted by Gasteiger charge is 2.45. The smallest absolute Gasteiger partial charge is 0.246 e. The number of carbonyl (C=O) groups is 9. The van der Waals surface area contributed by atoms with Crippen LogP contribution < -0.4 is 43.0 Å². The first kappa shape index (κ1) is 47.9. The molecule has 11 unspecified atom stereocenters. The van der Waals surface area contributed by atoms with Crippen LogP contribution in [0, 0.1) is 11.8 Å². The van der Waals surface area contributed by atoms with Crippen LogP contribution in [-0.2, 0) is 60.4 Å². The van der Waals surface area contributed by atoms with Crippen molar-refractivity contribution >= 4 is 74.9 Å². The van der Waals surface area contributed by atoms with Gasteiger partial charge in [0.25, 0.3) is 0 Å². The number of fused-ring (bicyclic) bond motifs is 5. The fraction of sp³-hybridized carbons (Fsp3) is 0.564. The van der Waals surface area contributed by atoms with Gasteiger partial charge in [-0.1, -0.05) is 27.2 Å². The Balaban J connectivity index is 1.73. The minimum absolute atomic E-state index is 0.117. The number of amides is 9. The fourth-order valence-electron chi connectivity index (χ4n) is 7.59. The summed E-state index contributed by atoms with van der Waals surface area (Å²) >= 11 is 0. The Labute approximate surface area is 363 Å². The van der Waals surface area contributed by atoms with Crippen molar-refractivity contribution in [2.75, 3.05) is 25.4 Å². The Bertz CT molecular complexity index is 2180. The number of carbonyl (C=O) groups excluding carboxylic acids is 9. The highest BCUT2D eigenvalue weighted by Crippen LogP contribution is 2.30. The minimum Gasteiger partial charge on any atom is -0.508 e. The molecule has 0 radical (unpaired) electrons.